The second kappa shape index (κ2) is 12.3. The number of carbonyl (C=O) groups is 2. The van der Waals surface area contributed by atoms with E-state index < -0.39 is 11.7 Å². The summed E-state index contributed by atoms with van der Waals surface area (Å²) in [7, 11) is 3.19. The Morgan fingerprint density at radius 3 is 2.08 bits per heavy atom. The highest BCUT2D eigenvalue weighted by molar-refractivity contribution is 5.99. The predicted octanol–water partition coefficient (Wildman–Crippen LogP) is 5.43. The molecule has 4 rings (SSSR count). The smallest absolute Gasteiger partial charge is 0.254 e. The van der Waals surface area contributed by atoms with Gasteiger partial charge in [-0.2, -0.15) is 0 Å². The van der Waals surface area contributed by atoms with E-state index in [1.165, 1.54) is 29.2 Å². The molecule has 1 heterocycles. The number of ether oxygens (including phenoxy) is 2. The highest BCUT2D eigenvalue weighted by Crippen LogP contribution is 2.27. The fourth-order valence-corrected chi connectivity index (χ4v) is 4.08. The van der Waals surface area contributed by atoms with Crippen LogP contribution in [-0.4, -0.2) is 53.6 Å². The van der Waals surface area contributed by atoms with E-state index in [2.05, 4.69) is 10.3 Å². The maximum absolute atomic E-state index is 13.4. The molecule has 0 unspecified atom stereocenters. The number of aromatic nitrogens is 2. The molecule has 3 aromatic carbocycles. The van der Waals surface area contributed by atoms with E-state index in [4.69, 9.17) is 9.47 Å². The molecule has 0 aliphatic carbocycles. The number of imidazole rings is 1. The van der Waals surface area contributed by atoms with Crippen molar-refractivity contribution >= 4 is 17.8 Å². The molecule has 0 fully saturated rings. The zero-order valence-electron chi connectivity index (χ0n) is 22.3. The summed E-state index contributed by atoms with van der Waals surface area (Å²) in [6.45, 7) is 4.08. The molecule has 0 aliphatic heterocycles. The van der Waals surface area contributed by atoms with Crippen LogP contribution in [0.2, 0.25) is 0 Å². The number of anilines is 1. The summed E-state index contributed by atoms with van der Waals surface area (Å²) >= 11 is 0. The minimum absolute atomic E-state index is 0.116. The van der Waals surface area contributed by atoms with Gasteiger partial charge in [-0.25, -0.2) is 9.37 Å². The lowest BCUT2D eigenvalue weighted by Gasteiger charge is -2.24. The molecule has 4 aromatic rings. The summed E-state index contributed by atoms with van der Waals surface area (Å²) in [4.78, 5) is 32.5. The number of hydrogen-bond acceptors (Lipinski definition) is 5. The van der Waals surface area contributed by atoms with Crippen molar-refractivity contribution in [2.24, 2.45) is 5.92 Å². The molecule has 202 valence electrons. The van der Waals surface area contributed by atoms with Crippen molar-refractivity contribution in [2.45, 2.75) is 13.8 Å². The minimum Gasteiger partial charge on any atom is -0.497 e. The number of amides is 2. The summed E-state index contributed by atoms with van der Waals surface area (Å²) in [6.07, 6.45) is 1.83. The molecule has 0 atom stereocenters. The Morgan fingerprint density at radius 2 is 1.51 bits per heavy atom. The molecular formula is C30H31FN4O4. The van der Waals surface area contributed by atoms with E-state index in [0.717, 1.165) is 17.0 Å². The van der Waals surface area contributed by atoms with Gasteiger partial charge in [0.25, 0.3) is 5.91 Å². The van der Waals surface area contributed by atoms with Crippen molar-refractivity contribution in [3.8, 4) is 28.4 Å². The van der Waals surface area contributed by atoms with Gasteiger partial charge in [0, 0.05) is 29.6 Å². The van der Waals surface area contributed by atoms with E-state index in [9.17, 15) is 14.0 Å². The van der Waals surface area contributed by atoms with Gasteiger partial charge in [0.05, 0.1) is 19.9 Å². The van der Waals surface area contributed by atoms with E-state index in [1.54, 1.807) is 18.8 Å². The summed E-state index contributed by atoms with van der Waals surface area (Å²) in [5.74, 6) is 0.642. The lowest BCUT2D eigenvalue weighted by Crippen LogP contribution is -2.40. The first-order valence-electron chi connectivity index (χ1n) is 12.5. The maximum Gasteiger partial charge on any atom is 0.254 e. The van der Waals surface area contributed by atoms with Crippen molar-refractivity contribution in [2.75, 3.05) is 32.6 Å². The highest BCUT2D eigenvalue weighted by atomic mass is 19.1. The Morgan fingerprint density at radius 1 is 0.923 bits per heavy atom. The Labute approximate surface area is 227 Å². The van der Waals surface area contributed by atoms with Crippen molar-refractivity contribution in [1.29, 1.82) is 0 Å². The number of hydrogen-bond donors (Lipinski definition) is 1. The number of methoxy groups -OCH3 is 2. The SMILES string of the molecule is COc1ccc(-c2cn(-c3ccc(OC)cc3)c(NC(=O)CN(CC(C)C)C(=O)c3ccc(F)cc3)n2)cc1. The van der Waals surface area contributed by atoms with Crippen molar-refractivity contribution in [3.05, 3.63) is 90.4 Å². The molecule has 0 saturated carbocycles. The lowest BCUT2D eigenvalue weighted by atomic mass is 10.1. The standard InChI is InChI=1S/C30H31FN4O4/c1-20(2)17-34(29(37)22-5-9-23(31)10-6-22)19-28(36)33-30-32-27(21-7-13-25(38-3)14-8-21)18-35(30)24-11-15-26(39-4)16-12-24/h5-16,18,20H,17,19H2,1-4H3,(H,32,33,36). The average Bonchev–Trinajstić information content (AvgIpc) is 3.36. The summed E-state index contributed by atoms with van der Waals surface area (Å²) in [6, 6.07) is 20.1. The lowest BCUT2D eigenvalue weighted by molar-refractivity contribution is -0.117. The van der Waals surface area contributed by atoms with Crippen LogP contribution < -0.4 is 14.8 Å². The Kier molecular flexibility index (Phi) is 8.60. The highest BCUT2D eigenvalue weighted by Gasteiger charge is 2.22. The van der Waals surface area contributed by atoms with Crippen LogP contribution in [0.3, 0.4) is 0 Å². The van der Waals surface area contributed by atoms with Gasteiger partial charge in [-0.3, -0.25) is 19.5 Å². The van der Waals surface area contributed by atoms with Gasteiger partial charge in [-0.05, 0) is 78.7 Å². The molecule has 9 heteroatoms. The monoisotopic (exact) mass is 530 g/mol. The van der Waals surface area contributed by atoms with Crippen molar-refractivity contribution < 1.29 is 23.5 Å². The van der Waals surface area contributed by atoms with Crippen molar-refractivity contribution in [1.82, 2.24) is 14.5 Å². The van der Waals surface area contributed by atoms with Gasteiger partial charge in [-0.1, -0.05) is 13.8 Å². The first-order chi connectivity index (χ1) is 18.8. The molecule has 1 N–H and O–H groups in total. The van der Waals surface area contributed by atoms with Gasteiger partial charge in [0.2, 0.25) is 11.9 Å². The predicted molar refractivity (Wildman–Crippen MR) is 148 cm³/mol. The third-order valence-electron chi connectivity index (χ3n) is 5.99. The zero-order valence-corrected chi connectivity index (χ0v) is 22.3. The molecule has 39 heavy (non-hydrogen) atoms. The van der Waals surface area contributed by atoms with Crippen molar-refractivity contribution in [3.63, 3.8) is 0 Å². The molecule has 8 nitrogen and oxygen atoms in total. The van der Waals surface area contributed by atoms with Crippen LogP contribution in [0.15, 0.2) is 79.0 Å². The molecule has 0 bridgehead atoms. The Bertz CT molecular complexity index is 1420. The largest absolute Gasteiger partial charge is 0.497 e. The third kappa shape index (κ3) is 6.81. The van der Waals surface area contributed by atoms with Gasteiger partial charge in [0.1, 0.15) is 23.9 Å². The van der Waals surface area contributed by atoms with E-state index >= 15 is 0 Å². The quantitative estimate of drug-likeness (QED) is 0.295. The fourth-order valence-electron chi connectivity index (χ4n) is 4.08. The summed E-state index contributed by atoms with van der Waals surface area (Å²) < 4.78 is 25.7. The normalized spacial score (nSPS) is 10.8. The Hall–Kier alpha value is -4.66. The van der Waals surface area contributed by atoms with Crippen LogP contribution in [0, 0.1) is 11.7 Å². The Balaban J connectivity index is 1.62. The first kappa shape index (κ1) is 27.4. The second-order valence-corrected chi connectivity index (χ2v) is 9.38. The third-order valence-corrected chi connectivity index (χ3v) is 5.99. The second-order valence-electron chi connectivity index (χ2n) is 9.38. The number of carbonyl (C=O) groups excluding carboxylic acids is 2. The van der Waals surface area contributed by atoms with Crippen LogP contribution in [0.25, 0.3) is 16.9 Å². The fraction of sp³-hybridized carbons (Fsp3) is 0.233. The van der Waals surface area contributed by atoms with Gasteiger partial charge >= 0.3 is 0 Å². The summed E-state index contributed by atoms with van der Waals surface area (Å²) in [5, 5.41) is 2.87. The molecule has 0 aliphatic rings. The molecule has 0 saturated heterocycles. The number of nitrogens with zero attached hydrogens (tertiary/aromatic N) is 3. The number of rotatable bonds is 10. The van der Waals surface area contributed by atoms with Gasteiger partial charge in [-0.15, -0.1) is 0 Å². The number of benzene rings is 3. The van der Waals surface area contributed by atoms with E-state index in [0.29, 0.717) is 29.5 Å². The van der Waals surface area contributed by atoms with Crippen LogP contribution in [0.5, 0.6) is 11.5 Å². The average molecular weight is 531 g/mol. The molecule has 0 radical (unpaired) electrons. The zero-order chi connectivity index (χ0) is 27.9. The molecule has 2 amide bonds. The summed E-state index contributed by atoms with van der Waals surface area (Å²) in [5.41, 5.74) is 2.56. The van der Waals surface area contributed by atoms with Gasteiger partial charge < -0.3 is 14.4 Å². The maximum atomic E-state index is 13.4. The topological polar surface area (TPSA) is 85.7 Å². The minimum atomic E-state index is -0.433. The van der Waals surface area contributed by atoms with Crippen LogP contribution >= 0.6 is 0 Å². The van der Waals surface area contributed by atoms with Gasteiger partial charge in [0.15, 0.2) is 0 Å². The molecule has 0 spiro atoms. The molecule has 1 aromatic heterocycles. The molecular weight excluding hydrogens is 499 g/mol. The van der Waals surface area contributed by atoms with Crippen LogP contribution in [-0.2, 0) is 4.79 Å². The number of nitrogens with one attached hydrogen (secondary N) is 1. The van der Waals surface area contributed by atoms with E-state index in [-0.39, 0.29) is 18.4 Å². The van der Waals surface area contributed by atoms with E-state index in [1.807, 2.05) is 68.6 Å². The number of halogens is 1. The first-order valence-corrected chi connectivity index (χ1v) is 12.5. The van der Waals surface area contributed by atoms with Crippen LogP contribution in [0.4, 0.5) is 10.3 Å². The van der Waals surface area contributed by atoms with Crippen LogP contribution in [0.1, 0.15) is 24.2 Å².